The van der Waals surface area contributed by atoms with Crippen LogP contribution in [-0.2, 0) is 9.59 Å². The molecule has 0 spiro atoms. The van der Waals surface area contributed by atoms with Crippen molar-refractivity contribution in [3.05, 3.63) is 74.5 Å². The minimum Gasteiger partial charge on any atom is -0.480 e. The number of nitrogens with zero attached hydrogens (tertiary/aromatic N) is 3. The smallest absolute Gasteiger partial charge is 0.323 e. The summed E-state index contributed by atoms with van der Waals surface area (Å²) in [5, 5.41) is 9.32. The van der Waals surface area contributed by atoms with E-state index in [1.165, 1.54) is 16.7 Å². The maximum absolute atomic E-state index is 13.2. The highest BCUT2D eigenvalue weighted by Gasteiger charge is 2.34. The van der Waals surface area contributed by atoms with Gasteiger partial charge in [0.2, 0.25) is 5.88 Å². The summed E-state index contributed by atoms with van der Waals surface area (Å²) >= 11 is 12.2. The fourth-order valence-corrected chi connectivity index (χ4v) is 4.23. The van der Waals surface area contributed by atoms with Gasteiger partial charge in [-0.15, -0.1) is 0 Å². The molecule has 1 aromatic carbocycles. The van der Waals surface area contributed by atoms with Crippen molar-refractivity contribution in [2.24, 2.45) is 0 Å². The Labute approximate surface area is 189 Å². The van der Waals surface area contributed by atoms with E-state index in [1.54, 1.807) is 42.5 Å². The Balaban J connectivity index is 1.86. The van der Waals surface area contributed by atoms with Gasteiger partial charge in [-0.25, -0.2) is 0 Å². The number of carboxylic acids is 1. The summed E-state index contributed by atoms with van der Waals surface area (Å²) < 4.78 is 7.22. The first-order valence-corrected chi connectivity index (χ1v) is 10.4. The van der Waals surface area contributed by atoms with Crippen LogP contribution in [0.5, 0.6) is 11.6 Å². The number of fused-ring (bicyclic) bond motifs is 1. The van der Waals surface area contributed by atoms with Crippen LogP contribution in [0.2, 0.25) is 5.02 Å². The number of hydrogen-bond acceptors (Lipinski definition) is 7. The number of carboxylic acid groups (broad SMARTS) is 1. The van der Waals surface area contributed by atoms with E-state index in [2.05, 4.69) is 4.98 Å². The van der Waals surface area contributed by atoms with Crippen molar-refractivity contribution in [3.63, 3.8) is 0 Å². The molecule has 31 heavy (non-hydrogen) atoms. The summed E-state index contributed by atoms with van der Waals surface area (Å²) in [6.07, 6.45) is 2.85. The molecule has 0 bridgehead atoms. The lowest BCUT2D eigenvalue weighted by molar-refractivity contribution is -0.140. The molecule has 1 fully saturated rings. The zero-order chi connectivity index (χ0) is 22.1. The highest BCUT2D eigenvalue weighted by Crippen LogP contribution is 2.35. The number of rotatable bonds is 5. The SMILES string of the molecule is O=C(O)CN1C(=O)/C(=C\c2c(Oc3ccccc3Cl)nc3ccccn3c2=O)SC1=S. The molecule has 11 heteroatoms. The van der Waals surface area contributed by atoms with Gasteiger partial charge >= 0.3 is 5.97 Å². The van der Waals surface area contributed by atoms with Crippen molar-refractivity contribution in [1.82, 2.24) is 14.3 Å². The molecule has 0 unspecified atom stereocenters. The molecule has 1 aliphatic rings. The van der Waals surface area contributed by atoms with Crippen molar-refractivity contribution in [1.29, 1.82) is 0 Å². The van der Waals surface area contributed by atoms with Gasteiger partial charge in [0, 0.05) is 6.20 Å². The van der Waals surface area contributed by atoms with Gasteiger partial charge < -0.3 is 9.84 Å². The molecule has 4 rings (SSSR count). The molecule has 3 heterocycles. The quantitative estimate of drug-likeness (QED) is 0.444. The molecule has 156 valence electrons. The molecular formula is C20H12ClN3O5S2. The summed E-state index contributed by atoms with van der Waals surface area (Å²) in [5.74, 6) is -1.58. The Morgan fingerprint density at radius 1 is 1.23 bits per heavy atom. The van der Waals surface area contributed by atoms with Gasteiger partial charge in [-0.1, -0.05) is 53.8 Å². The number of ether oxygens (including phenoxy) is 1. The minimum absolute atomic E-state index is 0.000514. The zero-order valence-corrected chi connectivity index (χ0v) is 17.9. The van der Waals surface area contributed by atoms with Gasteiger partial charge in [-0.2, -0.15) is 4.98 Å². The number of halogens is 1. The van der Waals surface area contributed by atoms with Crippen LogP contribution in [0.15, 0.2) is 58.4 Å². The Morgan fingerprint density at radius 3 is 2.71 bits per heavy atom. The average molecular weight is 474 g/mol. The summed E-state index contributed by atoms with van der Waals surface area (Å²) in [5.41, 5.74) is -0.138. The normalized spacial score (nSPS) is 15.1. The van der Waals surface area contributed by atoms with E-state index < -0.39 is 24.0 Å². The number of aliphatic carboxylic acids is 1. The number of carbonyl (C=O) groups is 2. The van der Waals surface area contributed by atoms with E-state index in [1.807, 2.05) is 0 Å². The number of thioether (sulfide) groups is 1. The van der Waals surface area contributed by atoms with Crippen LogP contribution < -0.4 is 10.3 Å². The maximum Gasteiger partial charge on any atom is 0.323 e. The van der Waals surface area contributed by atoms with E-state index in [-0.39, 0.29) is 26.4 Å². The van der Waals surface area contributed by atoms with Gasteiger partial charge in [0.15, 0.2) is 0 Å². The third kappa shape index (κ3) is 4.18. The topological polar surface area (TPSA) is 101 Å². The predicted molar refractivity (Wildman–Crippen MR) is 121 cm³/mol. The lowest BCUT2D eigenvalue weighted by Crippen LogP contribution is -2.33. The Hall–Kier alpha value is -3.21. The van der Waals surface area contributed by atoms with E-state index in [0.29, 0.717) is 10.7 Å². The molecule has 2 aromatic heterocycles. The van der Waals surface area contributed by atoms with Crippen LogP contribution in [0.25, 0.3) is 11.7 Å². The summed E-state index contributed by atoms with van der Waals surface area (Å²) in [6.45, 7) is -0.570. The second kappa shape index (κ2) is 8.50. The molecule has 0 aliphatic carbocycles. The van der Waals surface area contributed by atoms with Gasteiger partial charge in [-0.05, 0) is 30.3 Å². The monoisotopic (exact) mass is 473 g/mol. The molecule has 0 saturated carbocycles. The second-order valence-corrected chi connectivity index (χ2v) is 8.34. The number of thiocarbonyl (C=S) groups is 1. The molecule has 3 aromatic rings. The van der Waals surface area contributed by atoms with Crippen molar-refractivity contribution in [2.75, 3.05) is 6.54 Å². The highest BCUT2D eigenvalue weighted by molar-refractivity contribution is 8.26. The van der Waals surface area contributed by atoms with Gasteiger partial charge in [0.25, 0.3) is 11.5 Å². The van der Waals surface area contributed by atoms with Crippen LogP contribution in [0, 0.1) is 0 Å². The van der Waals surface area contributed by atoms with Crippen molar-refractivity contribution in [2.45, 2.75) is 0 Å². The second-order valence-electron chi connectivity index (χ2n) is 6.26. The van der Waals surface area contributed by atoms with E-state index in [0.717, 1.165) is 16.7 Å². The third-order valence-corrected chi connectivity index (χ3v) is 5.91. The van der Waals surface area contributed by atoms with Gasteiger partial charge in [-0.3, -0.25) is 23.7 Å². The molecule has 1 amide bonds. The third-order valence-electron chi connectivity index (χ3n) is 4.22. The molecular weight excluding hydrogens is 462 g/mol. The molecule has 1 N–H and O–H groups in total. The van der Waals surface area contributed by atoms with Crippen molar-refractivity contribution >= 4 is 63.5 Å². The number of benzene rings is 1. The number of hydrogen-bond donors (Lipinski definition) is 1. The molecule has 1 aliphatic heterocycles. The first-order chi connectivity index (χ1) is 14.8. The van der Waals surface area contributed by atoms with Crippen LogP contribution in [0.1, 0.15) is 5.56 Å². The van der Waals surface area contributed by atoms with Gasteiger partial charge in [0.05, 0.1) is 9.93 Å². The number of para-hydroxylation sites is 1. The lowest BCUT2D eigenvalue weighted by atomic mass is 10.2. The van der Waals surface area contributed by atoms with Gasteiger partial charge in [0.1, 0.15) is 27.8 Å². The highest BCUT2D eigenvalue weighted by atomic mass is 35.5. The lowest BCUT2D eigenvalue weighted by Gasteiger charge is -2.11. The van der Waals surface area contributed by atoms with E-state index in [9.17, 15) is 14.4 Å². The Bertz CT molecular complexity index is 1340. The summed E-state index contributed by atoms with van der Waals surface area (Å²) in [7, 11) is 0. The van der Waals surface area contributed by atoms with Crippen LogP contribution >= 0.6 is 35.6 Å². The van der Waals surface area contributed by atoms with Crippen LogP contribution in [0.4, 0.5) is 0 Å². The Kier molecular flexibility index (Phi) is 5.77. The maximum atomic E-state index is 13.2. The van der Waals surface area contributed by atoms with Crippen molar-refractivity contribution < 1.29 is 19.4 Å². The van der Waals surface area contributed by atoms with Crippen LogP contribution in [-0.4, -0.2) is 42.1 Å². The Morgan fingerprint density at radius 2 is 1.97 bits per heavy atom. The predicted octanol–water partition coefficient (Wildman–Crippen LogP) is 3.43. The standard InChI is InChI=1S/C20H12ClN3O5S2/c21-12-5-1-2-6-13(12)29-17-11(18(27)23-8-4-3-7-15(23)22-17)9-14-19(28)24(10-16(25)26)20(30)31-14/h1-9H,10H2,(H,25,26)/b14-9+. The van der Waals surface area contributed by atoms with Crippen LogP contribution in [0.3, 0.4) is 0 Å². The zero-order valence-electron chi connectivity index (χ0n) is 15.5. The fraction of sp³-hybridized carbons (Fsp3) is 0.0500. The first kappa shape index (κ1) is 21.0. The average Bonchev–Trinajstić information content (AvgIpc) is 2.99. The number of carbonyl (C=O) groups excluding carboxylic acids is 1. The largest absolute Gasteiger partial charge is 0.480 e. The first-order valence-electron chi connectivity index (χ1n) is 8.76. The van der Waals surface area contributed by atoms with Crippen molar-refractivity contribution in [3.8, 4) is 11.6 Å². The van der Waals surface area contributed by atoms with E-state index >= 15 is 0 Å². The number of aromatic nitrogens is 2. The summed E-state index contributed by atoms with van der Waals surface area (Å²) in [6, 6.07) is 11.7. The van der Waals surface area contributed by atoms with E-state index in [4.69, 9.17) is 33.7 Å². The number of pyridine rings is 1. The minimum atomic E-state index is -1.20. The fourth-order valence-electron chi connectivity index (χ4n) is 2.82. The summed E-state index contributed by atoms with van der Waals surface area (Å²) in [4.78, 5) is 42.3. The molecule has 0 radical (unpaired) electrons. The molecule has 8 nitrogen and oxygen atoms in total. The molecule has 0 atom stereocenters. The number of amides is 1. The molecule has 1 saturated heterocycles.